The van der Waals surface area contributed by atoms with Crippen LogP contribution in [0.15, 0.2) is 30.9 Å². The first-order valence-electron chi connectivity index (χ1n) is 10.2. The first-order valence-corrected chi connectivity index (χ1v) is 11.7. The summed E-state index contributed by atoms with van der Waals surface area (Å²) in [6, 6.07) is 4.54. The molecule has 0 saturated carbocycles. The molecule has 152 valence electrons. The number of piperidine rings is 1. The van der Waals surface area contributed by atoms with Gasteiger partial charge in [-0.15, -0.1) is 0 Å². The molecule has 7 nitrogen and oxygen atoms in total. The average Bonchev–Trinajstić information content (AvgIpc) is 3.22. The second kappa shape index (κ2) is 7.50. The molecule has 5 rings (SSSR count). The van der Waals surface area contributed by atoms with E-state index in [0.29, 0.717) is 12.0 Å². The van der Waals surface area contributed by atoms with E-state index < -0.39 is 11.0 Å². The first kappa shape index (κ1) is 18.7. The van der Waals surface area contributed by atoms with E-state index >= 15 is 0 Å². The molecule has 0 spiro atoms. The molecule has 3 aromatic rings. The summed E-state index contributed by atoms with van der Waals surface area (Å²) in [5.41, 5.74) is 5.66. The number of rotatable bonds is 3. The highest BCUT2D eigenvalue weighted by Gasteiger charge is 2.32. The maximum Gasteiger partial charge on any atom is 0.139 e. The highest BCUT2D eigenvalue weighted by Crippen LogP contribution is 2.36. The molecule has 5 heterocycles. The summed E-state index contributed by atoms with van der Waals surface area (Å²) in [7, 11) is -0.933. The van der Waals surface area contributed by atoms with Crippen molar-refractivity contribution in [2.24, 2.45) is 0 Å². The number of nitrogens with one attached hydrogen (secondary N) is 1. The van der Waals surface area contributed by atoms with Gasteiger partial charge in [0, 0.05) is 73.3 Å². The Hall–Kier alpha value is -2.32. The van der Waals surface area contributed by atoms with E-state index in [1.807, 2.05) is 12.4 Å². The fourth-order valence-corrected chi connectivity index (χ4v) is 5.58. The summed E-state index contributed by atoms with van der Waals surface area (Å²) >= 11 is 0. The Morgan fingerprint density at radius 3 is 3.00 bits per heavy atom. The van der Waals surface area contributed by atoms with Crippen LogP contribution >= 0.6 is 0 Å². The van der Waals surface area contributed by atoms with Crippen molar-refractivity contribution in [1.29, 1.82) is 0 Å². The minimum absolute atomic E-state index is 0.310. The molecule has 8 heteroatoms. The van der Waals surface area contributed by atoms with Gasteiger partial charge in [-0.1, -0.05) is 0 Å². The Balaban J connectivity index is 1.52. The van der Waals surface area contributed by atoms with Crippen molar-refractivity contribution in [2.75, 3.05) is 24.2 Å². The van der Waals surface area contributed by atoms with Crippen LogP contribution in [0.5, 0.6) is 0 Å². The van der Waals surface area contributed by atoms with Crippen LogP contribution in [0.1, 0.15) is 42.6 Å². The van der Waals surface area contributed by atoms with Gasteiger partial charge in [-0.3, -0.25) is 0 Å². The maximum absolute atomic E-state index is 12.0. The van der Waals surface area contributed by atoms with Crippen LogP contribution in [0.4, 0.5) is 5.69 Å². The Labute approximate surface area is 173 Å². The molecule has 1 saturated heterocycles. The van der Waals surface area contributed by atoms with Crippen LogP contribution < -0.4 is 4.90 Å². The van der Waals surface area contributed by atoms with Crippen molar-refractivity contribution in [3.05, 3.63) is 47.8 Å². The molecular weight excluding hydrogens is 384 g/mol. The van der Waals surface area contributed by atoms with Gasteiger partial charge in [0.25, 0.3) is 0 Å². The molecule has 3 atom stereocenters. The second-order valence-electron chi connectivity index (χ2n) is 8.09. The van der Waals surface area contributed by atoms with E-state index in [1.165, 1.54) is 11.3 Å². The number of anilines is 1. The Kier molecular flexibility index (Phi) is 4.83. The zero-order valence-corrected chi connectivity index (χ0v) is 17.7. The van der Waals surface area contributed by atoms with Crippen LogP contribution in [0, 0.1) is 0 Å². The number of hydrogen-bond acceptors (Lipinski definition) is 5. The average molecular weight is 411 g/mol. The van der Waals surface area contributed by atoms with Gasteiger partial charge >= 0.3 is 0 Å². The molecule has 0 amide bonds. The lowest BCUT2D eigenvalue weighted by molar-refractivity contribution is 0.326. The summed E-state index contributed by atoms with van der Waals surface area (Å²) in [4.78, 5) is 19.5. The van der Waals surface area contributed by atoms with Crippen molar-refractivity contribution in [3.63, 3.8) is 0 Å². The van der Waals surface area contributed by atoms with Crippen molar-refractivity contribution in [1.82, 2.24) is 24.2 Å². The fraction of sp³-hybridized carbons (Fsp3) is 0.476. The van der Waals surface area contributed by atoms with Gasteiger partial charge in [0.05, 0.1) is 22.4 Å². The molecule has 1 N–H and O–H groups in total. The monoisotopic (exact) mass is 410 g/mol. The molecule has 2 aliphatic rings. The lowest BCUT2D eigenvalue weighted by Gasteiger charge is -2.38. The molecule has 0 aliphatic carbocycles. The SMILES string of the molecule is CC1Cc2ncnc(C3CCCN(S(C)=O)C3)c2CN1c1ccnc2[nH]ccc12. The van der Waals surface area contributed by atoms with Gasteiger partial charge in [0.2, 0.25) is 0 Å². The number of nitrogens with zero attached hydrogens (tertiary/aromatic N) is 5. The van der Waals surface area contributed by atoms with E-state index in [9.17, 15) is 4.21 Å². The summed E-state index contributed by atoms with van der Waals surface area (Å²) in [5, 5.41) is 1.14. The van der Waals surface area contributed by atoms with Gasteiger partial charge < -0.3 is 9.88 Å². The van der Waals surface area contributed by atoms with Crippen molar-refractivity contribution in [3.8, 4) is 0 Å². The molecule has 0 aromatic carbocycles. The van der Waals surface area contributed by atoms with Crippen molar-refractivity contribution in [2.45, 2.75) is 44.7 Å². The number of pyridine rings is 1. The fourth-order valence-electron chi connectivity index (χ4n) is 4.80. The highest BCUT2D eigenvalue weighted by molar-refractivity contribution is 7.81. The molecule has 0 bridgehead atoms. The standard InChI is InChI=1S/C21H26N6OS/c1-14-10-18-17(12-27(14)19-6-8-23-21-16(19)5-7-22-21)20(25-13-24-18)15-4-3-9-26(11-15)29(2)28/h5-8,13-15H,3-4,9-12H2,1-2H3,(H,22,23). The molecule has 3 aromatic heterocycles. The summed E-state index contributed by atoms with van der Waals surface area (Å²) < 4.78 is 14.1. The number of H-pyrrole nitrogens is 1. The van der Waals surface area contributed by atoms with Crippen LogP contribution in [-0.2, 0) is 24.0 Å². The normalized spacial score (nSPS) is 23.9. The molecule has 3 unspecified atom stereocenters. The Morgan fingerprint density at radius 2 is 2.14 bits per heavy atom. The molecule has 29 heavy (non-hydrogen) atoms. The quantitative estimate of drug-likeness (QED) is 0.718. The third-order valence-corrected chi connectivity index (χ3v) is 7.36. The van der Waals surface area contributed by atoms with E-state index in [0.717, 1.165) is 61.3 Å². The Morgan fingerprint density at radius 1 is 1.24 bits per heavy atom. The summed E-state index contributed by atoms with van der Waals surface area (Å²) in [6.45, 7) is 4.76. The van der Waals surface area contributed by atoms with Gasteiger partial charge in [-0.05, 0) is 31.9 Å². The Bertz CT molecular complexity index is 1070. The minimum Gasteiger partial charge on any atom is -0.363 e. The largest absolute Gasteiger partial charge is 0.363 e. The molecular formula is C21H26N6OS. The smallest absolute Gasteiger partial charge is 0.139 e. The highest BCUT2D eigenvalue weighted by atomic mass is 32.2. The van der Waals surface area contributed by atoms with Gasteiger partial charge in [-0.2, -0.15) is 0 Å². The number of aromatic amines is 1. The van der Waals surface area contributed by atoms with Crippen LogP contribution in [0.3, 0.4) is 0 Å². The minimum atomic E-state index is -0.933. The summed E-state index contributed by atoms with van der Waals surface area (Å²) in [5.74, 6) is 0.310. The van der Waals surface area contributed by atoms with E-state index in [1.54, 1.807) is 12.6 Å². The molecule has 1 fully saturated rings. The maximum atomic E-state index is 12.0. The predicted molar refractivity (Wildman–Crippen MR) is 115 cm³/mol. The van der Waals surface area contributed by atoms with Crippen LogP contribution in [0.2, 0.25) is 0 Å². The van der Waals surface area contributed by atoms with E-state index in [2.05, 4.69) is 43.2 Å². The van der Waals surface area contributed by atoms with Crippen LogP contribution in [-0.4, -0.2) is 53.8 Å². The zero-order valence-electron chi connectivity index (χ0n) is 16.8. The lowest BCUT2D eigenvalue weighted by atomic mass is 9.88. The number of hydrogen-bond donors (Lipinski definition) is 1. The topological polar surface area (TPSA) is 78.0 Å². The molecule has 0 radical (unpaired) electrons. The summed E-state index contributed by atoms with van der Waals surface area (Å²) in [6.07, 6.45) is 10.3. The van der Waals surface area contributed by atoms with E-state index in [-0.39, 0.29) is 0 Å². The molecule has 2 aliphatic heterocycles. The van der Waals surface area contributed by atoms with Crippen LogP contribution in [0.25, 0.3) is 11.0 Å². The van der Waals surface area contributed by atoms with Crippen molar-refractivity contribution < 1.29 is 4.21 Å². The van der Waals surface area contributed by atoms with Gasteiger partial charge in [0.15, 0.2) is 0 Å². The third-order valence-electron chi connectivity index (χ3n) is 6.30. The predicted octanol–water partition coefficient (Wildman–Crippen LogP) is 2.78. The second-order valence-corrected chi connectivity index (χ2v) is 9.45. The van der Waals surface area contributed by atoms with E-state index in [4.69, 9.17) is 4.98 Å². The van der Waals surface area contributed by atoms with Crippen molar-refractivity contribution >= 4 is 27.7 Å². The van der Waals surface area contributed by atoms with Gasteiger partial charge in [0.1, 0.15) is 12.0 Å². The third kappa shape index (κ3) is 3.34. The first-order chi connectivity index (χ1) is 14.1. The zero-order chi connectivity index (χ0) is 20.0. The van der Waals surface area contributed by atoms with Gasteiger partial charge in [-0.25, -0.2) is 23.5 Å². The number of aromatic nitrogens is 4. The number of fused-ring (bicyclic) bond motifs is 2. The lowest BCUT2D eigenvalue weighted by Crippen LogP contribution is -2.41.